The first-order valence-corrected chi connectivity index (χ1v) is 7.73. The normalized spacial score (nSPS) is 21.5. The van der Waals surface area contributed by atoms with Crippen LogP contribution in [0.2, 0.25) is 0 Å². The summed E-state index contributed by atoms with van der Waals surface area (Å²) in [6.07, 6.45) is 2.75. The molecule has 0 saturated carbocycles. The van der Waals surface area contributed by atoms with Gasteiger partial charge in [-0.25, -0.2) is 0 Å². The molecule has 0 radical (unpaired) electrons. The van der Waals surface area contributed by atoms with Gasteiger partial charge in [-0.1, -0.05) is 0 Å². The molecule has 0 aromatic heterocycles. The number of carbonyl (C=O) groups is 1. The number of rotatable bonds is 5. The molecule has 0 aliphatic carbocycles. The molecule has 6 heteroatoms. The van der Waals surface area contributed by atoms with Gasteiger partial charge in [0.1, 0.15) is 0 Å². The van der Waals surface area contributed by atoms with Crippen molar-refractivity contribution in [3.8, 4) is 0 Å². The molecule has 0 aromatic carbocycles. The first-order valence-electron chi connectivity index (χ1n) is 6.11. The highest BCUT2D eigenvalue weighted by atomic mass is 32.2. The van der Waals surface area contributed by atoms with E-state index in [9.17, 15) is 9.00 Å². The van der Waals surface area contributed by atoms with Crippen LogP contribution in [0.25, 0.3) is 0 Å². The number of carbonyl (C=O) groups excluding carboxylic acids is 1. The Bertz CT molecular complexity index is 265. The average molecular weight is 261 g/mol. The van der Waals surface area contributed by atoms with Crippen molar-refractivity contribution in [3.05, 3.63) is 0 Å². The van der Waals surface area contributed by atoms with Crippen LogP contribution in [0.15, 0.2) is 0 Å². The van der Waals surface area contributed by atoms with Crippen LogP contribution in [0.1, 0.15) is 13.3 Å². The van der Waals surface area contributed by atoms with Crippen LogP contribution in [0.3, 0.4) is 0 Å². The first-order chi connectivity index (χ1) is 8.09. The van der Waals surface area contributed by atoms with E-state index in [4.69, 9.17) is 0 Å². The SMILES string of the molecule is CC(CNC(=O)CN1CCCNCC1)S(C)=O. The molecule has 1 rings (SSSR count). The molecular weight excluding hydrogens is 238 g/mol. The number of hydrogen-bond donors (Lipinski definition) is 2. The molecule has 2 unspecified atom stereocenters. The summed E-state index contributed by atoms with van der Waals surface area (Å²) in [6, 6.07) is 0. The van der Waals surface area contributed by atoms with Gasteiger partial charge in [-0.05, 0) is 26.4 Å². The quantitative estimate of drug-likeness (QED) is 0.678. The van der Waals surface area contributed by atoms with Crippen molar-refractivity contribution in [3.63, 3.8) is 0 Å². The molecular formula is C11H23N3O2S. The third-order valence-corrected chi connectivity index (χ3v) is 4.25. The molecule has 1 saturated heterocycles. The predicted molar refractivity (Wildman–Crippen MR) is 70.5 cm³/mol. The number of amides is 1. The lowest BCUT2D eigenvalue weighted by Gasteiger charge is -2.19. The van der Waals surface area contributed by atoms with Gasteiger partial charge < -0.3 is 10.6 Å². The Labute approximate surface area is 106 Å². The Morgan fingerprint density at radius 2 is 2.24 bits per heavy atom. The highest BCUT2D eigenvalue weighted by Gasteiger charge is 2.13. The largest absolute Gasteiger partial charge is 0.354 e. The van der Waals surface area contributed by atoms with Crippen LogP contribution in [-0.2, 0) is 15.6 Å². The maximum absolute atomic E-state index is 11.7. The van der Waals surface area contributed by atoms with E-state index in [0.717, 1.165) is 32.6 Å². The second-order valence-electron chi connectivity index (χ2n) is 4.49. The Morgan fingerprint density at radius 3 is 2.94 bits per heavy atom. The number of nitrogens with zero attached hydrogens (tertiary/aromatic N) is 1. The molecule has 1 amide bonds. The summed E-state index contributed by atoms with van der Waals surface area (Å²) in [7, 11) is -0.875. The first kappa shape index (κ1) is 14.6. The van der Waals surface area contributed by atoms with E-state index in [-0.39, 0.29) is 11.2 Å². The number of hydrogen-bond acceptors (Lipinski definition) is 4. The second-order valence-corrected chi connectivity index (χ2v) is 6.29. The van der Waals surface area contributed by atoms with E-state index >= 15 is 0 Å². The fourth-order valence-corrected chi connectivity index (χ4v) is 2.01. The molecule has 1 heterocycles. The summed E-state index contributed by atoms with van der Waals surface area (Å²) < 4.78 is 11.1. The topological polar surface area (TPSA) is 61.4 Å². The summed E-state index contributed by atoms with van der Waals surface area (Å²) in [5.41, 5.74) is 0. The van der Waals surface area contributed by atoms with Gasteiger partial charge in [0.25, 0.3) is 0 Å². The van der Waals surface area contributed by atoms with Gasteiger partial charge in [0, 0.05) is 41.9 Å². The van der Waals surface area contributed by atoms with Crippen LogP contribution < -0.4 is 10.6 Å². The molecule has 5 nitrogen and oxygen atoms in total. The molecule has 1 fully saturated rings. The molecule has 0 bridgehead atoms. The second kappa shape index (κ2) is 7.79. The summed E-state index contributed by atoms with van der Waals surface area (Å²) in [5.74, 6) is 0.0317. The Kier molecular flexibility index (Phi) is 6.69. The van der Waals surface area contributed by atoms with Gasteiger partial charge in [-0.15, -0.1) is 0 Å². The van der Waals surface area contributed by atoms with Gasteiger partial charge in [-0.2, -0.15) is 0 Å². The average Bonchev–Trinajstić information content (AvgIpc) is 2.54. The third-order valence-electron chi connectivity index (χ3n) is 2.95. The van der Waals surface area contributed by atoms with Gasteiger partial charge in [0.2, 0.25) is 5.91 Å². The molecule has 1 aliphatic heterocycles. The fourth-order valence-electron chi connectivity index (χ4n) is 1.69. The minimum Gasteiger partial charge on any atom is -0.354 e. The van der Waals surface area contributed by atoms with E-state index in [2.05, 4.69) is 15.5 Å². The van der Waals surface area contributed by atoms with Crippen molar-refractivity contribution < 1.29 is 9.00 Å². The van der Waals surface area contributed by atoms with Gasteiger partial charge in [-0.3, -0.25) is 13.9 Å². The van der Waals surface area contributed by atoms with E-state index in [1.807, 2.05) is 6.92 Å². The molecule has 0 aromatic rings. The van der Waals surface area contributed by atoms with E-state index < -0.39 is 10.8 Å². The van der Waals surface area contributed by atoms with Crippen molar-refractivity contribution in [2.75, 3.05) is 45.5 Å². The van der Waals surface area contributed by atoms with Crippen LogP contribution in [0, 0.1) is 0 Å². The van der Waals surface area contributed by atoms with Crippen LogP contribution >= 0.6 is 0 Å². The Balaban J connectivity index is 2.21. The maximum atomic E-state index is 11.7. The van der Waals surface area contributed by atoms with Crippen LogP contribution in [0.5, 0.6) is 0 Å². The van der Waals surface area contributed by atoms with Gasteiger partial charge in [0.15, 0.2) is 0 Å². The standard InChI is InChI=1S/C11H23N3O2S/c1-10(17(2)16)8-13-11(15)9-14-6-3-4-12-5-7-14/h10,12H,3-9H2,1-2H3,(H,13,15). The summed E-state index contributed by atoms with van der Waals surface area (Å²) in [4.78, 5) is 13.8. The van der Waals surface area contributed by atoms with Crippen molar-refractivity contribution in [2.45, 2.75) is 18.6 Å². The molecule has 17 heavy (non-hydrogen) atoms. The van der Waals surface area contributed by atoms with Gasteiger partial charge >= 0.3 is 0 Å². The molecule has 2 atom stereocenters. The zero-order chi connectivity index (χ0) is 12.7. The Hall–Kier alpha value is -0.460. The Morgan fingerprint density at radius 1 is 1.47 bits per heavy atom. The van der Waals surface area contributed by atoms with E-state index in [0.29, 0.717) is 13.1 Å². The molecule has 2 N–H and O–H groups in total. The van der Waals surface area contributed by atoms with Crippen LogP contribution in [0.4, 0.5) is 0 Å². The van der Waals surface area contributed by atoms with Crippen molar-refractivity contribution in [1.82, 2.24) is 15.5 Å². The van der Waals surface area contributed by atoms with Crippen molar-refractivity contribution >= 4 is 16.7 Å². The zero-order valence-electron chi connectivity index (χ0n) is 10.7. The van der Waals surface area contributed by atoms with Gasteiger partial charge in [0.05, 0.1) is 6.54 Å². The summed E-state index contributed by atoms with van der Waals surface area (Å²) in [5, 5.41) is 6.16. The number of nitrogens with one attached hydrogen (secondary N) is 2. The van der Waals surface area contributed by atoms with E-state index in [1.165, 1.54) is 0 Å². The predicted octanol–water partition coefficient (Wildman–Crippen LogP) is -0.835. The summed E-state index contributed by atoms with van der Waals surface area (Å²) >= 11 is 0. The zero-order valence-corrected chi connectivity index (χ0v) is 11.5. The lowest BCUT2D eigenvalue weighted by Crippen LogP contribution is -2.41. The monoisotopic (exact) mass is 261 g/mol. The lowest BCUT2D eigenvalue weighted by molar-refractivity contribution is -0.122. The summed E-state index contributed by atoms with van der Waals surface area (Å²) in [6.45, 7) is 6.69. The highest BCUT2D eigenvalue weighted by Crippen LogP contribution is 1.95. The molecule has 0 spiro atoms. The third kappa shape index (κ3) is 6.14. The smallest absolute Gasteiger partial charge is 0.234 e. The minimum absolute atomic E-state index is 0.0183. The molecule has 1 aliphatic rings. The highest BCUT2D eigenvalue weighted by molar-refractivity contribution is 7.84. The van der Waals surface area contributed by atoms with Crippen molar-refractivity contribution in [2.24, 2.45) is 0 Å². The van der Waals surface area contributed by atoms with Crippen molar-refractivity contribution in [1.29, 1.82) is 0 Å². The minimum atomic E-state index is -0.875. The fraction of sp³-hybridized carbons (Fsp3) is 0.909. The maximum Gasteiger partial charge on any atom is 0.234 e. The van der Waals surface area contributed by atoms with E-state index in [1.54, 1.807) is 6.26 Å². The molecule has 100 valence electrons. The lowest BCUT2D eigenvalue weighted by atomic mass is 10.3. The van der Waals surface area contributed by atoms with Crippen LogP contribution in [-0.4, -0.2) is 65.8 Å².